The van der Waals surface area contributed by atoms with Crippen LogP contribution in [0.2, 0.25) is 0 Å². The van der Waals surface area contributed by atoms with Gasteiger partial charge in [0, 0.05) is 6.54 Å². The normalized spacial score (nSPS) is 12.3. The Morgan fingerprint density at radius 2 is 1.37 bits per heavy atom. The van der Waals surface area contributed by atoms with Crippen LogP contribution in [0.15, 0.2) is 48.5 Å². The van der Waals surface area contributed by atoms with Crippen LogP contribution in [-0.2, 0) is 30.2 Å². The van der Waals surface area contributed by atoms with Gasteiger partial charge in [-0.05, 0) is 55.0 Å². The van der Waals surface area contributed by atoms with Gasteiger partial charge in [-0.25, -0.2) is 14.4 Å². The van der Waals surface area contributed by atoms with Gasteiger partial charge in [-0.3, -0.25) is 4.79 Å². The van der Waals surface area contributed by atoms with Gasteiger partial charge >= 0.3 is 24.2 Å². The van der Waals surface area contributed by atoms with Gasteiger partial charge in [0.25, 0.3) is 0 Å². The molecule has 0 aromatic heterocycles. The van der Waals surface area contributed by atoms with Crippen molar-refractivity contribution in [1.29, 1.82) is 0 Å². The summed E-state index contributed by atoms with van der Waals surface area (Å²) in [5.74, 6) is -1.01. The third-order valence-electron chi connectivity index (χ3n) is 5.36. The lowest BCUT2D eigenvalue weighted by molar-refractivity contribution is -0.143. The van der Waals surface area contributed by atoms with Gasteiger partial charge in [0.15, 0.2) is 11.5 Å². The summed E-state index contributed by atoms with van der Waals surface area (Å²) in [6, 6.07) is 12.2. The van der Waals surface area contributed by atoms with E-state index in [0.29, 0.717) is 11.1 Å². The fraction of sp³-hybridized carbons (Fsp3) is 0.467. The first-order valence-electron chi connectivity index (χ1n) is 13.4. The van der Waals surface area contributed by atoms with E-state index in [-0.39, 0.29) is 49.5 Å². The van der Waals surface area contributed by atoms with Crippen molar-refractivity contribution in [3.05, 3.63) is 59.7 Å². The van der Waals surface area contributed by atoms with Crippen molar-refractivity contribution in [3.63, 3.8) is 0 Å². The second kappa shape index (κ2) is 16.9. The Labute approximate surface area is 240 Å². The summed E-state index contributed by atoms with van der Waals surface area (Å²) >= 11 is 0. The molecule has 2 aromatic carbocycles. The largest absolute Gasteiger partial charge is 0.513 e. The molecule has 11 nitrogen and oxygen atoms in total. The Morgan fingerprint density at radius 1 is 0.780 bits per heavy atom. The molecule has 1 unspecified atom stereocenters. The number of carbonyl (C=O) groups is 4. The standard InChI is InChI=1S/C30H39NO10/c1-19(2)17-37-29(34)40-25-13-12-22(15-26(25)41-30(35)38-18-20(3)4)14-24(28(33)36-6)31-16-21(5)39-27(32)23-10-8-7-9-11-23/h7-13,15,19-21,24,31H,14,16-18H2,1-6H3/t21?,24-/m0/s1. The smallest absolute Gasteiger partial charge is 0.468 e. The second-order valence-electron chi connectivity index (χ2n) is 10.2. The quantitative estimate of drug-likeness (QED) is 0.187. The fourth-order valence-corrected chi connectivity index (χ4v) is 3.34. The first-order chi connectivity index (χ1) is 19.5. The van der Waals surface area contributed by atoms with Crippen molar-refractivity contribution in [2.45, 2.75) is 53.2 Å². The molecule has 0 bridgehead atoms. The minimum atomic E-state index is -0.979. The molecule has 2 aromatic rings. The molecular weight excluding hydrogens is 534 g/mol. The van der Waals surface area contributed by atoms with Gasteiger partial charge in [-0.15, -0.1) is 0 Å². The van der Waals surface area contributed by atoms with Gasteiger partial charge in [0.2, 0.25) is 0 Å². The number of carbonyl (C=O) groups excluding carboxylic acids is 4. The maximum Gasteiger partial charge on any atom is 0.513 e. The number of esters is 2. The van der Waals surface area contributed by atoms with Gasteiger partial charge in [0.05, 0.1) is 25.9 Å². The van der Waals surface area contributed by atoms with E-state index in [0.717, 1.165) is 0 Å². The summed E-state index contributed by atoms with van der Waals surface area (Å²) in [5, 5.41) is 3.05. The molecule has 0 fully saturated rings. The monoisotopic (exact) mass is 573 g/mol. The van der Waals surface area contributed by atoms with E-state index in [1.165, 1.54) is 19.2 Å². The summed E-state index contributed by atoms with van der Waals surface area (Å²) in [6.45, 7) is 9.63. The van der Waals surface area contributed by atoms with E-state index < -0.39 is 36.4 Å². The van der Waals surface area contributed by atoms with E-state index in [4.69, 9.17) is 28.4 Å². The maximum absolute atomic E-state index is 12.5. The minimum Gasteiger partial charge on any atom is -0.468 e. The highest BCUT2D eigenvalue weighted by molar-refractivity contribution is 5.89. The van der Waals surface area contributed by atoms with Gasteiger partial charge in [-0.2, -0.15) is 0 Å². The molecule has 0 amide bonds. The Kier molecular flexibility index (Phi) is 13.6. The molecule has 0 saturated heterocycles. The lowest BCUT2D eigenvalue weighted by atomic mass is 10.0. The van der Waals surface area contributed by atoms with Crippen molar-refractivity contribution in [3.8, 4) is 11.5 Å². The number of methoxy groups -OCH3 is 1. The molecule has 11 heteroatoms. The molecule has 41 heavy (non-hydrogen) atoms. The third-order valence-corrected chi connectivity index (χ3v) is 5.36. The molecule has 0 saturated carbocycles. The first-order valence-corrected chi connectivity index (χ1v) is 13.4. The van der Waals surface area contributed by atoms with E-state index >= 15 is 0 Å². The van der Waals surface area contributed by atoms with Crippen LogP contribution in [0.4, 0.5) is 9.59 Å². The predicted octanol–water partition coefficient (Wildman–Crippen LogP) is 4.95. The Balaban J connectivity index is 2.15. The molecule has 2 atom stereocenters. The van der Waals surface area contributed by atoms with Crippen molar-refractivity contribution in [2.24, 2.45) is 11.8 Å². The van der Waals surface area contributed by atoms with Gasteiger partial charge in [-0.1, -0.05) is 52.0 Å². The number of hydrogen-bond acceptors (Lipinski definition) is 11. The van der Waals surface area contributed by atoms with Gasteiger partial charge < -0.3 is 33.7 Å². The van der Waals surface area contributed by atoms with Crippen molar-refractivity contribution in [2.75, 3.05) is 26.9 Å². The summed E-state index contributed by atoms with van der Waals surface area (Å²) in [4.78, 5) is 49.3. The van der Waals surface area contributed by atoms with Crippen LogP contribution in [0.1, 0.15) is 50.5 Å². The summed E-state index contributed by atoms with van der Waals surface area (Å²) in [5.41, 5.74) is 0.968. The molecule has 0 heterocycles. The Hall–Kier alpha value is -4.12. The lowest BCUT2D eigenvalue weighted by Gasteiger charge is -2.20. The number of ether oxygens (including phenoxy) is 6. The van der Waals surface area contributed by atoms with Crippen LogP contribution in [0.25, 0.3) is 0 Å². The molecule has 1 N–H and O–H groups in total. The van der Waals surface area contributed by atoms with Crippen molar-refractivity contribution >= 4 is 24.2 Å². The predicted molar refractivity (Wildman–Crippen MR) is 149 cm³/mol. The average Bonchev–Trinajstić information content (AvgIpc) is 2.94. The SMILES string of the molecule is COC(=O)[C@H](Cc1ccc(OC(=O)OCC(C)C)c(OC(=O)OCC(C)C)c1)NCC(C)OC(=O)c1ccccc1. The summed E-state index contributed by atoms with van der Waals surface area (Å²) in [6.07, 6.45) is -2.38. The molecule has 0 radical (unpaired) electrons. The zero-order chi connectivity index (χ0) is 30.4. The zero-order valence-electron chi connectivity index (χ0n) is 24.3. The van der Waals surface area contributed by atoms with Crippen molar-refractivity contribution < 1.29 is 47.6 Å². The van der Waals surface area contributed by atoms with Crippen molar-refractivity contribution in [1.82, 2.24) is 5.32 Å². The summed E-state index contributed by atoms with van der Waals surface area (Å²) in [7, 11) is 1.26. The van der Waals surface area contributed by atoms with Crippen LogP contribution >= 0.6 is 0 Å². The number of rotatable bonds is 14. The zero-order valence-corrected chi connectivity index (χ0v) is 24.3. The Bertz CT molecular complexity index is 1150. The van der Waals surface area contributed by atoms with E-state index in [1.807, 2.05) is 27.7 Å². The van der Waals surface area contributed by atoms with E-state index in [2.05, 4.69) is 5.32 Å². The highest BCUT2D eigenvalue weighted by Crippen LogP contribution is 2.30. The average molecular weight is 574 g/mol. The molecule has 2 rings (SSSR count). The highest BCUT2D eigenvalue weighted by Gasteiger charge is 2.23. The van der Waals surface area contributed by atoms with Crippen LogP contribution in [0.3, 0.4) is 0 Å². The first kappa shape index (κ1) is 33.1. The maximum atomic E-state index is 12.5. The molecule has 0 aliphatic heterocycles. The van der Waals surface area contributed by atoms with Crippen LogP contribution in [0, 0.1) is 11.8 Å². The van der Waals surface area contributed by atoms with Crippen LogP contribution in [0.5, 0.6) is 11.5 Å². The highest BCUT2D eigenvalue weighted by atomic mass is 16.7. The van der Waals surface area contributed by atoms with Crippen LogP contribution < -0.4 is 14.8 Å². The molecular formula is C30H39NO10. The lowest BCUT2D eigenvalue weighted by Crippen LogP contribution is -2.43. The molecule has 0 aliphatic carbocycles. The van der Waals surface area contributed by atoms with Crippen LogP contribution in [-0.4, -0.2) is 63.3 Å². The molecule has 0 spiro atoms. The Morgan fingerprint density at radius 3 is 1.93 bits per heavy atom. The number of hydrogen-bond donors (Lipinski definition) is 1. The molecule has 0 aliphatic rings. The minimum absolute atomic E-state index is 0.0620. The number of nitrogens with one attached hydrogen (secondary N) is 1. The molecule has 224 valence electrons. The van der Waals surface area contributed by atoms with Gasteiger partial charge in [0.1, 0.15) is 12.1 Å². The number of benzene rings is 2. The van der Waals surface area contributed by atoms with E-state index in [9.17, 15) is 19.2 Å². The second-order valence-corrected chi connectivity index (χ2v) is 10.2. The van der Waals surface area contributed by atoms with E-state index in [1.54, 1.807) is 43.3 Å². The fourth-order valence-electron chi connectivity index (χ4n) is 3.34. The summed E-state index contributed by atoms with van der Waals surface area (Å²) < 4.78 is 31.1. The third kappa shape index (κ3) is 12.3. The topological polar surface area (TPSA) is 136 Å².